The van der Waals surface area contributed by atoms with Crippen molar-refractivity contribution in [1.29, 1.82) is 0 Å². The zero-order valence-corrected chi connectivity index (χ0v) is 22.1. The molecule has 1 amide bonds. The van der Waals surface area contributed by atoms with Gasteiger partial charge in [0.25, 0.3) is 5.91 Å². The van der Waals surface area contributed by atoms with Crippen LogP contribution in [0.25, 0.3) is 0 Å². The summed E-state index contributed by atoms with van der Waals surface area (Å²) in [6.07, 6.45) is -0.953. The molecule has 4 rings (SSSR count). The van der Waals surface area contributed by atoms with E-state index in [0.29, 0.717) is 25.2 Å². The molecule has 7 nitrogen and oxygen atoms in total. The van der Waals surface area contributed by atoms with Crippen molar-refractivity contribution in [2.24, 2.45) is 18.0 Å². The number of ether oxygens (including phenoxy) is 3. The third-order valence-electron chi connectivity index (χ3n) is 7.16. The lowest BCUT2D eigenvalue weighted by Crippen LogP contribution is -2.34. The minimum Gasteiger partial charge on any atom is -0.492 e. The first-order chi connectivity index (χ1) is 17.4. The molecule has 2 fully saturated rings. The highest BCUT2D eigenvalue weighted by Crippen LogP contribution is 2.35. The fraction of sp³-hybridized carbons (Fsp3) is 0.630. The molecule has 10 heteroatoms. The highest BCUT2D eigenvalue weighted by atomic mass is 19.4. The molecule has 204 valence electrons. The maximum Gasteiger partial charge on any atom is 0.416 e. The molecule has 1 saturated heterocycles. The predicted octanol–water partition coefficient (Wildman–Crippen LogP) is 4.87. The Morgan fingerprint density at radius 3 is 2.51 bits per heavy atom. The number of hydrogen-bond donors (Lipinski definition) is 0. The smallest absolute Gasteiger partial charge is 0.416 e. The van der Waals surface area contributed by atoms with Gasteiger partial charge in [-0.25, -0.2) is 0 Å². The largest absolute Gasteiger partial charge is 0.492 e. The van der Waals surface area contributed by atoms with Crippen LogP contribution in [-0.4, -0.2) is 47.8 Å². The molecule has 2 aromatic rings. The van der Waals surface area contributed by atoms with E-state index in [0.717, 1.165) is 43.5 Å². The number of carbonyl (C=O) groups is 1. The van der Waals surface area contributed by atoms with Crippen molar-refractivity contribution in [2.45, 2.75) is 76.8 Å². The number of methoxy groups -OCH3 is 1. The van der Waals surface area contributed by atoms with Crippen molar-refractivity contribution in [3.05, 3.63) is 46.6 Å². The zero-order chi connectivity index (χ0) is 27.0. The summed E-state index contributed by atoms with van der Waals surface area (Å²) in [5.74, 6) is -0.457. The number of aromatic nitrogens is 2. The van der Waals surface area contributed by atoms with Crippen molar-refractivity contribution in [2.75, 3.05) is 20.3 Å². The zero-order valence-electron chi connectivity index (χ0n) is 22.1. The van der Waals surface area contributed by atoms with Crippen LogP contribution in [0.4, 0.5) is 13.2 Å². The van der Waals surface area contributed by atoms with Gasteiger partial charge < -0.3 is 14.2 Å². The predicted molar refractivity (Wildman–Crippen MR) is 131 cm³/mol. The Hall–Kier alpha value is -2.59. The van der Waals surface area contributed by atoms with Gasteiger partial charge in [-0.1, -0.05) is 20.8 Å². The minimum atomic E-state index is -4.60. The number of carbonyl (C=O) groups excluding carboxylic acids is 1. The first-order valence-corrected chi connectivity index (χ1v) is 12.7. The lowest BCUT2D eigenvalue weighted by atomic mass is 9.83. The SMILES string of the molecule is COC1CC(COc2ccc(C(F)(F)F)cc2C(=O)N=c2cc(C(C)(C)C)n(C)n2C[C@H]2CCCO2)C1. The first kappa shape index (κ1) is 27.4. The standard InChI is InChI=1S/C27H36F3N3O4/c1-26(2,3)23-14-24(33(32(23)4)15-19-7-6-10-36-19)31-25(34)21-13-18(27(28,29)30)8-9-22(21)37-16-17-11-20(12-17)35-5/h8-9,13-14,17,19-20H,6-7,10-12,15-16H2,1-5H3/t17?,19-,20?/m1/s1. The molecule has 0 N–H and O–H groups in total. The van der Waals surface area contributed by atoms with Crippen LogP contribution in [0.5, 0.6) is 5.75 Å². The normalized spacial score (nSPS) is 22.8. The quantitative estimate of drug-likeness (QED) is 0.520. The molecule has 1 aromatic carbocycles. The fourth-order valence-corrected chi connectivity index (χ4v) is 4.94. The van der Waals surface area contributed by atoms with Gasteiger partial charge in [0.1, 0.15) is 5.75 Å². The number of rotatable bonds is 7. The maximum absolute atomic E-state index is 13.5. The summed E-state index contributed by atoms with van der Waals surface area (Å²) >= 11 is 0. The number of alkyl halides is 3. The van der Waals surface area contributed by atoms with E-state index >= 15 is 0 Å². The number of benzene rings is 1. The highest BCUT2D eigenvalue weighted by Gasteiger charge is 2.33. The van der Waals surface area contributed by atoms with E-state index in [1.165, 1.54) is 6.07 Å². The first-order valence-electron chi connectivity index (χ1n) is 12.7. The van der Waals surface area contributed by atoms with Gasteiger partial charge in [-0.3, -0.25) is 14.2 Å². The Labute approximate surface area is 215 Å². The number of amides is 1. The Balaban J connectivity index is 1.70. The van der Waals surface area contributed by atoms with Crippen LogP contribution in [0.2, 0.25) is 0 Å². The van der Waals surface area contributed by atoms with Gasteiger partial charge in [0, 0.05) is 37.9 Å². The molecular formula is C27H36F3N3O4. The van der Waals surface area contributed by atoms with Crippen LogP contribution in [0.1, 0.15) is 68.1 Å². The monoisotopic (exact) mass is 523 g/mol. The van der Waals surface area contributed by atoms with E-state index in [4.69, 9.17) is 14.2 Å². The van der Waals surface area contributed by atoms with Gasteiger partial charge in [-0.05, 0) is 49.8 Å². The minimum absolute atomic E-state index is 0.0127. The van der Waals surface area contributed by atoms with Crippen LogP contribution < -0.4 is 10.2 Å². The van der Waals surface area contributed by atoms with E-state index in [9.17, 15) is 18.0 Å². The summed E-state index contributed by atoms with van der Waals surface area (Å²) in [5, 5.41) is 0. The van der Waals surface area contributed by atoms with Crippen LogP contribution >= 0.6 is 0 Å². The summed E-state index contributed by atoms with van der Waals surface area (Å²) < 4.78 is 61.3. The molecule has 1 atom stereocenters. The van der Waals surface area contributed by atoms with E-state index in [2.05, 4.69) is 25.8 Å². The number of nitrogens with zero attached hydrogens (tertiary/aromatic N) is 3. The van der Waals surface area contributed by atoms with Crippen LogP contribution in [0.3, 0.4) is 0 Å². The number of hydrogen-bond acceptors (Lipinski definition) is 4. The summed E-state index contributed by atoms with van der Waals surface area (Å²) in [6, 6.07) is 4.80. The van der Waals surface area contributed by atoms with Crippen molar-refractivity contribution in [3.8, 4) is 5.75 Å². The van der Waals surface area contributed by atoms with Crippen molar-refractivity contribution >= 4 is 5.91 Å². The van der Waals surface area contributed by atoms with Crippen molar-refractivity contribution < 1.29 is 32.2 Å². The van der Waals surface area contributed by atoms with Gasteiger partial charge in [0.05, 0.1) is 36.5 Å². The van der Waals surface area contributed by atoms with E-state index in [-0.39, 0.29) is 34.9 Å². The van der Waals surface area contributed by atoms with Crippen LogP contribution in [-0.2, 0) is 34.7 Å². The second kappa shape index (κ2) is 10.6. The van der Waals surface area contributed by atoms with Gasteiger partial charge in [-0.2, -0.15) is 18.2 Å². The third kappa shape index (κ3) is 6.29. The summed E-state index contributed by atoms with van der Waals surface area (Å²) in [7, 11) is 3.54. The Morgan fingerprint density at radius 2 is 1.92 bits per heavy atom. The summed E-state index contributed by atoms with van der Waals surface area (Å²) in [4.78, 5) is 17.7. The van der Waals surface area contributed by atoms with Crippen molar-refractivity contribution in [3.63, 3.8) is 0 Å². The average molecular weight is 524 g/mol. The molecule has 1 aromatic heterocycles. The van der Waals surface area contributed by atoms with E-state index < -0.39 is 17.6 Å². The lowest BCUT2D eigenvalue weighted by molar-refractivity contribution is -0.137. The summed E-state index contributed by atoms with van der Waals surface area (Å²) in [5.41, 5.74) is -0.0511. The Morgan fingerprint density at radius 1 is 1.19 bits per heavy atom. The highest BCUT2D eigenvalue weighted by molar-refractivity contribution is 5.97. The molecule has 1 saturated carbocycles. The van der Waals surface area contributed by atoms with E-state index in [1.807, 2.05) is 22.5 Å². The lowest BCUT2D eigenvalue weighted by Gasteiger charge is -2.33. The van der Waals surface area contributed by atoms with Gasteiger partial charge in [-0.15, -0.1) is 0 Å². The molecule has 2 heterocycles. The molecular weight excluding hydrogens is 487 g/mol. The molecule has 37 heavy (non-hydrogen) atoms. The van der Waals surface area contributed by atoms with Crippen LogP contribution in [0, 0.1) is 5.92 Å². The van der Waals surface area contributed by atoms with E-state index in [1.54, 1.807) is 7.11 Å². The molecule has 1 aliphatic heterocycles. The molecule has 0 bridgehead atoms. The van der Waals surface area contributed by atoms with Gasteiger partial charge in [0.15, 0.2) is 5.49 Å². The van der Waals surface area contributed by atoms with Crippen LogP contribution in [0.15, 0.2) is 29.3 Å². The summed E-state index contributed by atoms with van der Waals surface area (Å²) in [6.45, 7) is 7.63. The number of halogens is 3. The maximum atomic E-state index is 13.5. The second-order valence-electron chi connectivity index (χ2n) is 11.0. The average Bonchev–Trinajstić information content (AvgIpc) is 3.41. The Bertz CT molecular complexity index is 1180. The molecule has 0 radical (unpaired) electrons. The third-order valence-corrected chi connectivity index (χ3v) is 7.16. The molecule has 0 spiro atoms. The molecule has 1 aliphatic carbocycles. The fourth-order valence-electron chi connectivity index (χ4n) is 4.94. The van der Waals surface area contributed by atoms with Gasteiger partial charge in [0.2, 0.25) is 0 Å². The van der Waals surface area contributed by atoms with Crippen molar-refractivity contribution in [1.82, 2.24) is 9.36 Å². The molecule has 2 aliphatic rings. The second-order valence-corrected chi connectivity index (χ2v) is 11.0. The Kier molecular flexibility index (Phi) is 7.90. The topological polar surface area (TPSA) is 67.0 Å². The molecule has 0 unspecified atom stereocenters. The van der Waals surface area contributed by atoms with Gasteiger partial charge >= 0.3 is 6.18 Å².